The molecule has 1 aromatic heterocycles. The van der Waals surface area contributed by atoms with Crippen LogP contribution in [0.1, 0.15) is 5.76 Å². The van der Waals surface area contributed by atoms with E-state index in [-0.39, 0.29) is 19.1 Å². The second-order valence-electron chi connectivity index (χ2n) is 3.68. The number of hydrogen-bond donors (Lipinski definition) is 1. The van der Waals surface area contributed by atoms with Crippen molar-refractivity contribution >= 4 is 12.0 Å². The third-order valence-electron chi connectivity index (χ3n) is 2.15. The monoisotopic (exact) mass is 239 g/mol. The van der Waals surface area contributed by atoms with Gasteiger partial charge in [0, 0.05) is 26.8 Å². The summed E-state index contributed by atoms with van der Waals surface area (Å²) in [4.78, 5) is 13.0. The van der Waals surface area contributed by atoms with Crippen LogP contribution in [-0.2, 0) is 9.53 Å². The van der Waals surface area contributed by atoms with Crippen LogP contribution in [0, 0.1) is 0 Å². The molecular weight excluding hydrogens is 222 g/mol. The number of likely N-dealkylation sites (N-methyl/N-ethyl adjacent to an activating group) is 1. The highest BCUT2D eigenvalue weighted by molar-refractivity contribution is 5.91. The topological polar surface area (TPSA) is 62.9 Å². The summed E-state index contributed by atoms with van der Waals surface area (Å²) < 4.78 is 9.84. The summed E-state index contributed by atoms with van der Waals surface area (Å²) >= 11 is 0. The van der Waals surface area contributed by atoms with Gasteiger partial charge in [0.2, 0.25) is 5.91 Å². The van der Waals surface area contributed by atoms with Crippen molar-refractivity contribution in [3.05, 3.63) is 30.2 Å². The molecule has 1 atom stereocenters. The zero-order valence-corrected chi connectivity index (χ0v) is 10.00. The van der Waals surface area contributed by atoms with E-state index in [1.165, 1.54) is 24.3 Å². The molecule has 1 heterocycles. The van der Waals surface area contributed by atoms with Gasteiger partial charge in [0.05, 0.1) is 19.0 Å². The predicted molar refractivity (Wildman–Crippen MR) is 63.3 cm³/mol. The Morgan fingerprint density at radius 3 is 3.06 bits per heavy atom. The van der Waals surface area contributed by atoms with Gasteiger partial charge < -0.3 is 19.2 Å². The molecule has 5 nitrogen and oxygen atoms in total. The van der Waals surface area contributed by atoms with Crippen molar-refractivity contribution in [1.29, 1.82) is 0 Å². The second kappa shape index (κ2) is 6.88. The summed E-state index contributed by atoms with van der Waals surface area (Å²) in [6, 6.07) is 3.50. The Morgan fingerprint density at radius 1 is 1.71 bits per heavy atom. The standard InChI is InChI=1S/C12H17NO4/c1-13(8-10(14)9-16-2)12(15)6-5-11-4-3-7-17-11/h3-7,10,14H,8-9H2,1-2H3/b6-5+. The van der Waals surface area contributed by atoms with Crippen LogP contribution in [-0.4, -0.2) is 49.3 Å². The van der Waals surface area contributed by atoms with E-state index in [1.54, 1.807) is 25.3 Å². The fourth-order valence-corrected chi connectivity index (χ4v) is 1.32. The maximum Gasteiger partial charge on any atom is 0.246 e. The number of methoxy groups -OCH3 is 1. The molecule has 0 spiro atoms. The van der Waals surface area contributed by atoms with Crippen LogP contribution in [0.4, 0.5) is 0 Å². The lowest BCUT2D eigenvalue weighted by atomic mass is 10.3. The van der Waals surface area contributed by atoms with E-state index < -0.39 is 6.10 Å². The minimum absolute atomic E-state index is 0.198. The van der Waals surface area contributed by atoms with E-state index in [0.29, 0.717) is 5.76 Å². The molecule has 0 fully saturated rings. The Kier molecular flexibility index (Phi) is 5.45. The largest absolute Gasteiger partial charge is 0.465 e. The normalized spacial score (nSPS) is 12.9. The van der Waals surface area contributed by atoms with Gasteiger partial charge in [0.15, 0.2) is 0 Å². The summed E-state index contributed by atoms with van der Waals surface area (Å²) in [5.74, 6) is 0.417. The fraction of sp³-hybridized carbons (Fsp3) is 0.417. The number of aliphatic hydroxyl groups is 1. The molecule has 0 saturated carbocycles. The summed E-state index contributed by atoms with van der Waals surface area (Å²) in [5.41, 5.74) is 0. The molecule has 1 aromatic rings. The summed E-state index contributed by atoms with van der Waals surface area (Å²) in [6.45, 7) is 0.439. The van der Waals surface area contributed by atoms with Gasteiger partial charge in [-0.25, -0.2) is 0 Å². The molecule has 0 aromatic carbocycles. The number of rotatable bonds is 6. The van der Waals surface area contributed by atoms with Crippen molar-refractivity contribution in [2.45, 2.75) is 6.10 Å². The molecule has 1 amide bonds. The lowest BCUT2D eigenvalue weighted by Crippen LogP contribution is -2.35. The van der Waals surface area contributed by atoms with Crippen LogP contribution in [0.2, 0.25) is 0 Å². The number of nitrogens with zero attached hydrogens (tertiary/aromatic N) is 1. The number of aliphatic hydroxyl groups excluding tert-OH is 1. The maximum atomic E-state index is 11.6. The Labute approximate surface area is 100 Å². The second-order valence-corrected chi connectivity index (χ2v) is 3.68. The number of hydrogen-bond acceptors (Lipinski definition) is 4. The zero-order chi connectivity index (χ0) is 12.7. The van der Waals surface area contributed by atoms with Crippen LogP contribution < -0.4 is 0 Å². The van der Waals surface area contributed by atoms with Crippen LogP contribution >= 0.6 is 0 Å². The quantitative estimate of drug-likeness (QED) is 0.744. The number of ether oxygens (including phenoxy) is 1. The molecule has 94 valence electrons. The highest BCUT2D eigenvalue weighted by atomic mass is 16.5. The minimum Gasteiger partial charge on any atom is -0.465 e. The molecule has 0 aliphatic carbocycles. The minimum atomic E-state index is -0.675. The zero-order valence-electron chi connectivity index (χ0n) is 10.00. The van der Waals surface area contributed by atoms with Crippen LogP contribution in [0.15, 0.2) is 28.9 Å². The lowest BCUT2D eigenvalue weighted by Gasteiger charge is -2.18. The first kappa shape index (κ1) is 13.5. The first-order valence-electron chi connectivity index (χ1n) is 5.27. The predicted octanol–water partition coefficient (Wildman–Crippen LogP) is 0.758. The molecule has 0 radical (unpaired) electrons. The van der Waals surface area contributed by atoms with E-state index in [1.807, 2.05) is 0 Å². The van der Waals surface area contributed by atoms with Crippen LogP contribution in [0.25, 0.3) is 6.08 Å². The molecule has 17 heavy (non-hydrogen) atoms. The molecular formula is C12H17NO4. The third-order valence-corrected chi connectivity index (χ3v) is 2.15. The molecule has 1 rings (SSSR count). The van der Waals surface area contributed by atoms with Crippen molar-refractivity contribution in [2.75, 3.05) is 27.3 Å². The first-order valence-corrected chi connectivity index (χ1v) is 5.27. The average molecular weight is 239 g/mol. The van der Waals surface area contributed by atoms with E-state index in [0.717, 1.165) is 0 Å². The molecule has 5 heteroatoms. The van der Waals surface area contributed by atoms with E-state index in [9.17, 15) is 9.90 Å². The van der Waals surface area contributed by atoms with Gasteiger partial charge in [-0.2, -0.15) is 0 Å². The van der Waals surface area contributed by atoms with Gasteiger partial charge in [-0.05, 0) is 18.2 Å². The SMILES string of the molecule is COCC(O)CN(C)C(=O)/C=C/c1ccco1. The van der Waals surface area contributed by atoms with Crippen LogP contribution in [0.3, 0.4) is 0 Å². The van der Waals surface area contributed by atoms with E-state index in [2.05, 4.69) is 0 Å². The van der Waals surface area contributed by atoms with Crippen molar-refractivity contribution < 1.29 is 19.1 Å². The van der Waals surface area contributed by atoms with Gasteiger partial charge in [0.1, 0.15) is 5.76 Å². The molecule has 0 bridgehead atoms. The third kappa shape index (κ3) is 4.84. The van der Waals surface area contributed by atoms with Crippen molar-refractivity contribution in [1.82, 2.24) is 4.90 Å². The fourth-order valence-electron chi connectivity index (χ4n) is 1.32. The molecule has 0 aliphatic heterocycles. The van der Waals surface area contributed by atoms with Gasteiger partial charge in [-0.3, -0.25) is 4.79 Å². The van der Waals surface area contributed by atoms with Crippen molar-refractivity contribution in [3.8, 4) is 0 Å². The average Bonchev–Trinajstić information content (AvgIpc) is 2.78. The summed E-state index contributed by atoms with van der Waals surface area (Å²) in [7, 11) is 3.12. The van der Waals surface area contributed by atoms with E-state index >= 15 is 0 Å². The number of furan rings is 1. The first-order chi connectivity index (χ1) is 8.13. The van der Waals surface area contributed by atoms with Gasteiger partial charge >= 0.3 is 0 Å². The Balaban J connectivity index is 2.41. The van der Waals surface area contributed by atoms with E-state index in [4.69, 9.17) is 9.15 Å². The highest BCUT2D eigenvalue weighted by Crippen LogP contribution is 2.03. The van der Waals surface area contributed by atoms with Crippen LogP contribution in [0.5, 0.6) is 0 Å². The molecule has 0 aliphatic rings. The number of carbonyl (C=O) groups is 1. The number of amides is 1. The van der Waals surface area contributed by atoms with Crippen molar-refractivity contribution in [3.63, 3.8) is 0 Å². The molecule has 1 unspecified atom stereocenters. The highest BCUT2D eigenvalue weighted by Gasteiger charge is 2.11. The Hall–Kier alpha value is -1.59. The molecule has 1 N–H and O–H groups in total. The Morgan fingerprint density at radius 2 is 2.47 bits per heavy atom. The van der Waals surface area contributed by atoms with Gasteiger partial charge in [-0.1, -0.05) is 0 Å². The van der Waals surface area contributed by atoms with Crippen molar-refractivity contribution in [2.24, 2.45) is 0 Å². The molecule has 0 saturated heterocycles. The van der Waals surface area contributed by atoms with Gasteiger partial charge in [0.25, 0.3) is 0 Å². The summed E-state index contributed by atoms with van der Waals surface area (Å²) in [5, 5.41) is 9.46. The smallest absolute Gasteiger partial charge is 0.246 e. The summed E-state index contributed by atoms with van der Waals surface area (Å²) in [6.07, 6.45) is 3.85. The lowest BCUT2D eigenvalue weighted by molar-refractivity contribution is -0.126. The maximum absolute atomic E-state index is 11.6. The van der Waals surface area contributed by atoms with Gasteiger partial charge in [-0.15, -0.1) is 0 Å². The Bertz CT molecular complexity index is 359. The number of carbonyl (C=O) groups excluding carboxylic acids is 1.